The Kier molecular flexibility index (Phi) is 10.6. The lowest BCUT2D eigenvalue weighted by Crippen LogP contribution is -2.44. The van der Waals surface area contributed by atoms with Crippen LogP contribution in [0.5, 0.6) is 0 Å². The lowest BCUT2D eigenvalue weighted by molar-refractivity contribution is 0.156. The van der Waals surface area contributed by atoms with E-state index in [-0.39, 0.29) is 39.4 Å². The summed E-state index contributed by atoms with van der Waals surface area (Å²) in [6.07, 6.45) is 2.07. The highest BCUT2D eigenvalue weighted by Gasteiger charge is 2.38. The first-order valence-electron chi connectivity index (χ1n) is 10.8. The maximum absolute atomic E-state index is 6.57. The monoisotopic (exact) mass is 539 g/mol. The molecule has 0 radical (unpaired) electrons. The number of nitrogens with zero attached hydrogens (tertiary/aromatic N) is 2. The Morgan fingerprint density at radius 2 is 1.50 bits per heavy atom. The fourth-order valence-electron chi connectivity index (χ4n) is 4.97. The van der Waals surface area contributed by atoms with Crippen molar-refractivity contribution in [1.29, 1.82) is 0 Å². The van der Waals surface area contributed by atoms with Crippen molar-refractivity contribution in [2.75, 3.05) is 24.5 Å². The van der Waals surface area contributed by atoms with Crippen LogP contribution < -0.4 is 10.6 Å². The summed E-state index contributed by atoms with van der Waals surface area (Å²) in [7, 11) is 0. The van der Waals surface area contributed by atoms with Crippen LogP contribution >= 0.6 is 34.0 Å². The first kappa shape index (κ1) is 27.2. The molecule has 30 heavy (non-hydrogen) atoms. The van der Waals surface area contributed by atoms with Gasteiger partial charge in [-0.25, -0.2) is 0 Å². The van der Waals surface area contributed by atoms with E-state index in [1.807, 2.05) is 0 Å². The molecule has 168 valence electrons. The van der Waals surface area contributed by atoms with Crippen LogP contribution in [0.1, 0.15) is 52.2 Å². The summed E-state index contributed by atoms with van der Waals surface area (Å²) in [5.41, 5.74) is 12.0. The molecule has 2 aromatic rings. The Hall–Kier alpha value is -0.880. The third-order valence-electron chi connectivity index (χ3n) is 6.46. The van der Waals surface area contributed by atoms with E-state index in [4.69, 9.17) is 5.73 Å². The average molecular weight is 541 g/mol. The van der Waals surface area contributed by atoms with Gasteiger partial charge in [0.1, 0.15) is 0 Å². The Morgan fingerprint density at radius 1 is 0.933 bits per heavy atom. The Morgan fingerprint density at radius 3 is 2.07 bits per heavy atom. The van der Waals surface area contributed by atoms with Crippen LogP contribution in [0.3, 0.4) is 0 Å². The van der Waals surface area contributed by atoms with E-state index in [1.54, 1.807) is 0 Å². The highest BCUT2D eigenvalue weighted by atomic mass is 79.9. The molecule has 0 saturated heterocycles. The van der Waals surface area contributed by atoms with Gasteiger partial charge in [-0.1, -0.05) is 36.4 Å². The molecule has 1 unspecified atom stereocenters. The number of hydrogen-bond acceptors (Lipinski definition) is 3. The molecule has 0 fully saturated rings. The number of nitrogens with two attached hydrogens (primary N) is 1. The smallest absolute Gasteiger partial charge is 0.0449 e. The minimum atomic E-state index is -0.0430. The predicted molar refractivity (Wildman–Crippen MR) is 142 cm³/mol. The Balaban J connectivity index is 0.00000225. The zero-order valence-corrected chi connectivity index (χ0v) is 22.5. The predicted octanol–water partition coefficient (Wildman–Crippen LogP) is 6.26. The molecule has 0 amide bonds. The van der Waals surface area contributed by atoms with Crippen molar-refractivity contribution >= 4 is 45.3 Å². The second kappa shape index (κ2) is 11.7. The largest absolute Gasteiger partial charge is 0.341 e. The zero-order valence-electron chi connectivity index (χ0n) is 19.1. The summed E-state index contributed by atoms with van der Waals surface area (Å²) in [5.74, 6) is 0. The number of halogens is 2. The van der Waals surface area contributed by atoms with Crippen molar-refractivity contribution in [3.8, 4) is 0 Å². The molecule has 0 aliphatic carbocycles. The SMILES string of the molecule is Br.Br.CCN1c2ccccc2CC(CN)(CCN(C(C)C)C(C)C)c2ccccc21. The number of hydrogen-bond donors (Lipinski definition) is 1. The molecule has 1 aliphatic rings. The minimum absolute atomic E-state index is 0. The van der Waals surface area contributed by atoms with E-state index < -0.39 is 0 Å². The molecular formula is C25H39Br2N3. The average Bonchev–Trinajstić information content (AvgIpc) is 2.80. The second-order valence-corrected chi connectivity index (χ2v) is 8.73. The van der Waals surface area contributed by atoms with E-state index in [9.17, 15) is 0 Å². The topological polar surface area (TPSA) is 32.5 Å². The molecule has 0 saturated carbocycles. The zero-order chi connectivity index (χ0) is 20.3. The lowest BCUT2D eigenvalue weighted by atomic mass is 9.72. The molecule has 1 atom stereocenters. The van der Waals surface area contributed by atoms with Crippen molar-refractivity contribution in [2.24, 2.45) is 5.73 Å². The third-order valence-corrected chi connectivity index (χ3v) is 6.46. The van der Waals surface area contributed by atoms with E-state index in [2.05, 4.69) is 92.9 Å². The molecule has 0 spiro atoms. The molecule has 0 aromatic heterocycles. The fraction of sp³-hybridized carbons (Fsp3) is 0.520. The van der Waals surface area contributed by atoms with Crippen LogP contribution in [0.15, 0.2) is 48.5 Å². The van der Waals surface area contributed by atoms with Crippen molar-refractivity contribution in [3.05, 3.63) is 59.7 Å². The second-order valence-electron chi connectivity index (χ2n) is 8.73. The molecule has 3 rings (SSSR count). The van der Waals surface area contributed by atoms with Gasteiger partial charge in [-0.3, -0.25) is 4.90 Å². The molecule has 2 aromatic carbocycles. The number of para-hydroxylation sites is 2. The van der Waals surface area contributed by atoms with Gasteiger partial charge in [0.2, 0.25) is 0 Å². The van der Waals surface area contributed by atoms with Crippen LogP contribution in [-0.4, -0.2) is 36.6 Å². The number of fused-ring (bicyclic) bond motifs is 2. The van der Waals surface area contributed by atoms with E-state index >= 15 is 0 Å². The maximum Gasteiger partial charge on any atom is 0.0449 e. The fourth-order valence-corrected chi connectivity index (χ4v) is 4.97. The standard InChI is InChI=1S/C25H37N3.2BrH/c1-6-27-23-13-9-7-11-21(23)17-25(18-26,22-12-8-10-14-24(22)27)15-16-28(19(2)3)20(4)5;;/h7-14,19-20H,6,15-18,26H2,1-5H3;2*1H. The molecular weight excluding hydrogens is 502 g/mol. The van der Waals surface area contributed by atoms with Gasteiger partial charge in [0.15, 0.2) is 0 Å². The van der Waals surface area contributed by atoms with Crippen LogP contribution in [0, 0.1) is 0 Å². The van der Waals surface area contributed by atoms with Crippen molar-refractivity contribution in [2.45, 2.75) is 65.0 Å². The van der Waals surface area contributed by atoms with Crippen LogP contribution in [-0.2, 0) is 11.8 Å². The molecule has 1 heterocycles. The molecule has 2 N–H and O–H groups in total. The van der Waals surface area contributed by atoms with Gasteiger partial charge in [-0.15, -0.1) is 34.0 Å². The molecule has 5 heteroatoms. The summed E-state index contributed by atoms with van der Waals surface area (Å²) in [6.45, 7) is 14.1. The molecule has 0 bridgehead atoms. The van der Waals surface area contributed by atoms with Gasteiger partial charge >= 0.3 is 0 Å². The van der Waals surface area contributed by atoms with Crippen LogP contribution in [0.2, 0.25) is 0 Å². The number of rotatable bonds is 7. The molecule has 3 nitrogen and oxygen atoms in total. The van der Waals surface area contributed by atoms with Gasteiger partial charge in [0, 0.05) is 42.0 Å². The van der Waals surface area contributed by atoms with Gasteiger partial charge < -0.3 is 10.6 Å². The van der Waals surface area contributed by atoms with E-state index in [0.717, 1.165) is 25.9 Å². The molecule has 1 aliphatic heterocycles. The van der Waals surface area contributed by atoms with Gasteiger partial charge in [0.25, 0.3) is 0 Å². The van der Waals surface area contributed by atoms with Crippen molar-refractivity contribution in [1.82, 2.24) is 4.90 Å². The van der Waals surface area contributed by atoms with Crippen molar-refractivity contribution < 1.29 is 0 Å². The Bertz CT molecular complexity index is 785. The summed E-state index contributed by atoms with van der Waals surface area (Å²) in [5, 5.41) is 0. The normalized spacial score (nSPS) is 17.8. The van der Waals surface area contributed by atoms with E-state index in [0.29, 0.717) is 18.6 Å². The van der Waals surface area contributed by atoms with Crippen LogP contribution in [0.25, 0.3) is 0 Å². The summed E-state index contributed by atoms with van der Waals surface area (Å²) >= 11 is 0. The summed E-state index contributed by atoms with van der Waals surface area (Å²) in [6, 6.07) is 18.9. The Labute approximate surface area is 204 Å². The highest BCUT2D eigenvalue weighted by Crippen LogP contribution is 2.45. The first-order valence-corrected chi connectivity index (χ1v) is 10.8. The quantitative estimate of drug-likeness (QED) is 0.449. The lowest BCUT2D eigenvalue weighted by Gasteiger charge is -2.38. The first-order chi connectivity index (χ1) is 13.4. The summed E-state index contributed by atoms with van der Waals surface area (Å²) < 4.78 is 0. The maximum atomic E-state index is 6.57. The van der Waals surface area contributed by atoms with Gasteiger partial charge in [-0.05, 0) is 77.3 Å². The number of benzene rings is 2. The third kappa shape index (κ3) is 5.29. The van der Waals surface area contributed by atoms with Crippen LogP contribution in [0.4, 0.5) is 11.4 Å². The van der Waals surface area contributed by atoms with Crippen molar-refractivity contribution in [3.63, 3.8) is 0 Å². The number of anilines is 2. The summed E-state index contributed by atoms with van der Waals surface area (Å²) in [4.78, 5) is 5.05. The minimum Gasteiger partial charge on any atom is -0.341 e. The van der Waals surface area contributed by atoms with Gasteiger partial charge in [0.05, 0.1) is 0 Å². The van der Waals surface area contributed by atoms with Gasteiger partial charge in [-0.2, -0.15) is 0 Å². The van der Waals surface area contributed by atoms with E-state index in [1.165, 1.54) is 22.5 Å². The highest BCUT2D eigenvalue weighted by molar-refractivity contribution is 8.93.